The predicted molar refractivity (Wildman–Crippen MR) is 91.5 cm³/mol. The molecular formula is C15H20N4O2S. The largest absolute Gasteiger partial charge is 0.372 e. The number of amides is 2. The second kappa shape index (κ2) is 7.84. The molecule has 0 aromatic heterocycles. The number of anilines is 2. The van der Waals surface area contributed by atoms with Gasteiger partial charge in [-0.15, -0.1) is 0 Å². The van der Waals surface area contributed by atoms with E-state index >= 15 is 0 Å². The Morgan fingerprint density at radius 3 is 2.32 bits per heavy atom. The first-order chi connectivity index (χ1) is 10.6. The highest BCUT2D eigenvalue weighted by atomic mass is 32.2. The van der Waals surface area contributed by atoms with Crippen molar-refractivity contribution in [2.24, 2.45) is 4.99 Å². The minimum absolute atomic E-state index is 0.511. The molecular weight excluding hydrogens is 300 g/mol. The van der Waals surface area contributed by atoms with Gasteiger partial charge >= 0.3 is 11.8 Å². The van der Waals surface area contributed by atoms with E-state index in [1.54, 1.807) is 12.1 Å². The summed E-state index contributed by atoms with van der Waals surface area (Å²) < 4.78 is 0. The number of thioether (sulfide) groups is 1. The lowest BCUT2D eigenvalue weighted by molar-refractivity contribution is -0.135. The summed E-state index contributed by atoms with van der Waals surface area (Å²) in [6, 6.07) is 7.44. The number of benzene rings is 1. The maximum Gasteiger partial charge on any atom is 0.315 e. The van der Waals surface area contributed by atoms with Gasteiger partial charge in [-0.1, -0.05) is 11.8 Å². The molecule has 2 N–H and O–H groups in total. The Balaban J connectivity index is 1.92. The molecule has 0 spiro atoms. The molecule has 118 valence electrons. The Hall–Kier alpha value is -2.02. The summed E-state index contributed by atoms with van der Waals surface area (Å²) in [5.41, 5.74) is 1.68. The summed E-state index contributed by atoms with van der Waals surface area (Å²) in [6.45, 7) is 6.70. The molecule has 0 fully saturated rings. The molecule has 1 aliphatic heterocycles. The van der Waals surface area contributed by atoms with Gasteiger partial charge in [0.1, 0.15) is 0 Å². The highest BCUT2D eigenvalue weighted by molar-refractivity contribution is 8.14. The zero-order chi connectivity index (χ0) is 15.9. The Bertz CT molecular complexity index is 567. The van der Waals surface area contributed by atoms with E-state index in [-0.39, 0.29) is 0 Å². The smallest absolute Gasteiger partial charge is 0.315 e. The number of carbonyl (C=O) groups excluding carboxylic acids is 2. The van der Waals surface area contributed by atoms with Crippen LogP contribution in [0.15, 0.2) is 29.3 Å². The van der Waals surface area contributed by atoms with Crippen LogP contribution in [0.4, 0.5) is 11.4 Å². The summed E-state index contributed by atoms with van der Waals surface area (Å²) in [4.78, 5) is 29.9. The van der Waals surface area contributed by atoms with E-state index in [0.29, 0.717) is 17.4 Å². The fourth-order valence-corrected chi connectivity index (χ4v) is 2.82. The molecule has 0 saturated heterocycles. The Labute approximate surface area is 134 Å². The molecule has 6 nitrogen and oxygen atoms in total. The van der Waals surface area contributed by atoms with Crippen LogP contribution in [0.5, 0.6) is 0 Å². The van der Waals surface area contributed by atoms with Gasteiger partial charge in [-0.05, 0) is 38.1 Å². The lowest BCUT2D eigenvalue weighted by Crippen LogP contribution is -2.37. The second-order valence-electron chi connectivity index (χ2n) is 4.66. The third-order valence-electron chi connectivity index (χ3n) is 3.27. The van der Waals surface area contributed by atoms with Crippen LogP contribution in [0, 0.1) is 0 Å². The highest BCUT2D eigenvalue weighted by Gasteiger charge is 2.17. The monoisotopic (exact) mass is 320 g/mol. The molecule has 22 heavy (non-hydrogen) atoms. The summed E-state index contributed by atoms with van der Waals surface area (Å²) in [6.07, 6.45) is 0. The van der Waals surface area contributed by atoms with E-state index in [2.05, 4.69) is 34.4 Å². The minimum atomic E-state index is -0.694. The van der Waals surface area contributed by atoms with Crippen molar-refractivity contribution >= 4 is 40.1 Å². The van der Waals surface area contributed by atoms with Crippen molar-refractivity contribution in [3.63, 3.8) is 0 Å². The van der Waals surface area contributed by atoms with E-state index in [1.807, 2.05) is 12.1 Å². The summed E-state index contributed by atoms with van der Waals surface area (Å²) in [5, 5.41) is 5.60. The van der Waals surface area contributed by atoms with Crippen LogP contribution in [0.1, 0.15) is 13.8 Å². The van der Waals surface area contributed by atoms with Gasteiger partial charge in [0.15, 0.2) is 5.17 Å². The van der Waals surface area contributed by atoms with Gasteiger partial charge in [0.25, 0.3) is 0 Å². The van der Waals surface area contributed by atoms with Gasteiger partial charge in [-0.3, -0.25) is 19.9 Å². The fraction of sp³-hybridized carbons (Fsp3) is 0.400. The maximum absolute atomic E-state index is 11.8. The van der Waals surface area contributed by atoms with Crippen molar-refractivity contribution in [1.29, 1.82) is 0 Å². The standard InChI is InChI=1S/C15H20N4O2S/c1-3-19(4-2)12-7-5-11(6-8-12)17-13(20)14(21)18-15-16-9-10-22-15/h5-8H,3-4,9-10H2,1-2H3,(H,17,20)(H,16,18,21). The predicted octanol–water partition coefficient (Wildman–Crippen LogP) is 1.69. The van der Waals surface area contributed by atoms with E-state index in [1.165, 1.54) is 11.8 Å². The number of hydrogen-bond acceptors (Lipinski definition) is 5. The second-order valence-corrected chi connectivity index (χ2v) is 5.75. The van der Waals surface area contributed by atoms with E-state index in [4.69, 9.17) is 0 Å². The zero-order valence-electron chi connectivity index (χ0n) is 12.8. The minimum Gasteiger partial charge on any atom is -0.372 e. The molecule has 1 aromatic carbocycles. The molecule has 2 rings (SSSR count). The van der Waals surface area contributed by atoms with E-state index < -0.39 is 11.8 Å². The van der Waals surface area contributed by atoms with E-state index in [9.17, 15) is 9.59 Å². The Morgan fingerprint density at radius 1 is 1.14 bits per heavy atom. The number of amidine groups is 1. The summed E-state index contributed by atoms with van der Waals surface area (Å²) in [5.74, 6) is -0.545. The van der Waals surface area contributed by atoms with Crippen LogP contribution in [0.25, 0.3) is 0 Å². The number of hydrogen-bond donors (Lipinski definition) is 2. The van der Waals surface area contributed by atoms with E-state index in [0.717, 1.165) is 24.5 Å². The number of nitrogens with zero attached hydrogens (tertiary/aromatic N) is 2. The number of nitrogens with one attached hydrogen (secondary N) is 2. The van der Waals surface area contributed by atoms with Crippen molar-refractivity contribution in [1.82, 2.24) is 5.32 Å². The third-order valence-corrected chi connectivity index (χ3v) is 4.16. The first-order valence-electron chi connectivity index (χ1n) is 7.28. The first-order valence-corrected chi connectivity index (χ1v) is 8.27. The molecule has 0 bridgehead atoms. The van der Waals surface area contributed by atoms with Crippen LogP contribution < -0.4 is 15.5 Å². The topological polar surface area (TPSA) is 73.8 Å². The lowest BCUT2D eigenvalue weighted by atomic mass is 10.2. The molecule has 0 atom stereocenters. The van der Waals surface area contributed by atoms with Crippen molar-refractivity contribution in [2.45, 2.75) is 13.8 Å². The molecule has 0 aliphatic carbocycles. The van der Waals surface area contributed by atoms with Crippen molar-refractivity contribution in [3.05, 3.63) is 24.3 Å². The highest BCUT2D eigenvalue weighted by Crippen LogP contribution is 2.17. The fourth-order valence-electron chi connectivity index (χ4n) is 2.10. The lowest BCUT2D eigenvalue weighted by Gasteiger charge is -2.21. The van der Waals surface area contributed by atoms with Gasteiger partial charge in [0, 0.05) is 30.2 Å². The number of rotatable bonds is 4. The van der Waals surface area contributed by atoms with Gasteiger partial charge in [0.05, 0.1) is 6.54 Å². The van der Waals surface area contributed by atoms with Crippen LogP contribution >= 0.6 is 11.8 Å². The first kappa shape index (κ1) is 16.4. The molecule has 2 amide bonds. The number of carbonyl (C=O) groups is 2. The molecule has 1 aliphatic rings. The molecule has 7 heteroatoms. The Kier molecular flexibility index (Phi) is 5.83. The van der Waals surface area contributed by atoms with Gasteiger partial charge in [-0.25, -0.2) is 0 Å². The van der Waals surface area contributed by atoms with Crippen LogP contribution in [0.3, 0.4) is 0 Å². The average Bonchev–Trinajstić information content (AvgIpc) is 3.03. The normalized spacial score (nSPS) is 13.5. The quantitative estimate of drug-likeness (QED) is 0.828. The maximum atomic E-state index is 11.8. The molecule has 0 saturated carbocycles. The van der Waals surface area contributed by atoms with Crippen LogP contribution in [-0.2, 0) is 9.59 Å². The third kappa shape index (κ3) is 4.24. The van der Waals surface area contributed by atoms with Gasteiger partial charge in [-0.2, -0.15) is 0 Å². The molecule has 1 aromatic rings. The average molecular weight is 320 g/mol. The Morgan fingerprint density at radius 2 is 1.77 bits per heavy atom. The SMILES string of the molecule is CCN(CC)c1ccc(NC(=O)C(=O)NC2=NCCS2)cc1. The number of aliphatic imine (C=N–C) groups is 1. The van der Waals surface area contributed by atoms with Crippen molar-refractivity contribution in [2.75, 3.05) is 35.6 Å². The molecule has 0 radical (unpaired) electrons. The van der Waals surface area contributed by atoms with Crippen LogP contribution in [-0.4, -0.2) is 42.4 Å². The van der Waals surface area contributed by atoms with Gasteiger partial charge in [0.2, 0.25) is 0 Å². The molecule has 0 unspecified atom stereocenters. The summed E-state index contributed by atoms with van der Waals surface area (Å²) in [7, 11) is 0. The zero-order valence-corrected chi connectivity index (χ0v) is 13.6. The van der Waals surface area contributed by atoms with Crippen molar-refractivity contribution in [3.8, 4) is 0 Å². The van der Waals surface area contributed by atoms with Crippen LogP contribution in [0.2, 0.25) is 0 Å². The summed E-state index contributed by atoms with van der Waals surface area (Å²) >= 11 is 1.44. The van der Waals surface area contributed by atoms with Crippen molar-refractivity contribution < 1.29 is 9.59 Å². The molecule has 1 heterocycles. The van der Waals surface area contributed by atoms with Gasteiger partial charge < -0.3 is 10.2 Å².